The van der Waals surface area contributed by atoms with Crippen LogP contribution in [0, 0.1) is 11.8 Å². The Hall–Kier alpha value is -1.55. The zero-order chi connectivity index (χ0) is 15.6. The molecule has 4 aliphatic rings. The van der Waals surface area contributed by atoms with Gasteiger partial charge in [-0.15, -0.1) is 0 Å². The SMILES string of the molecule is O=C(OC1CN2CCC1CC2)N(CC1CCC1)c1ccccc1. The quantitative estimate of drug-likeness (QED) is 0.852. The minimum atomic E-state index is -0.151. The standard InChI is InChI=1S/C19H26N2O2/c22-19(23-18-14-20-11-9-16(18)10-12-20)21(13-15-5-4-6-15)17-7-2-1-3-8-17/h1-3,7-8,15-16,18H,4-6,9-14H2. The Kier molecular flexibility index (Phi) is 4.25. The number of carbonyl (C=O) groups excluding carboxylic acids is 1. The molecule has 3 saturated heterocycles. The number of ether oxygens (including phenoxy) is 1. The third kappa shape index (κ3) is 3.23. The maximum Gasteiger partial charge on any atom is 0.414 e. The van der Waals surface area contributed by atoms with Crippen molar-refractivity contribution in [1.29, 1.82) is 0 Å². The van der Waals surface area contributed by atoms with Crippen LogP contribution < -0.4 is 4.90 Å². The van der Waals surface area contributed by atoms with Crippen LogP contribution in [-0.4, -0.2) is 43.3 Å². The van der Waals surface area contributed by atoms with Crippen LogP contribution in [0.1, 0.15) is 32.1 Å². The highest BCUT2D eigenvalue weighted by Gasteiger charge is 2.37. The van der Waals surface area contributed by atoms with Crippen molar-refractivity contribution in [3.05, 3.63) is 30.3 Å². The summed E-state index contributed by atoms with van der Waals surface area (Å²) in [6.07, 6.45) is 6.03. The van der Waals surface area contributed by atoms with Crippen molar-refractivity contribution in [1.82, 2.24) is 4.90 Å². The van der Waals surface area contributed by atoms with Crippen LogP contribution in [0.2, 0.25) is 0 Å². The van der Waals surface area contributed by atoms with Crippen molar-refractivity contribution in [2.24, 2.45) is 11.8 Å². The molecule has 5 rings (SSSR count). The summed E-state index contributed by atoms with van der Waals surface area (Å²) in [5.74, 6) is 1.19. The Balaban J connectivity index is 1.45. The van der Waals surface area contributed by atoms with E-state index in [2.05, 4.69) is 4.90 Å². The van der Waals surface area contributed by atoms with Gasteiger partial charge in [-0.1, -0.05) is 24.6 Å². The van der Waals surface area contributed by atoms with Crippen LogP contribution >= 0.6 is 0 Å². The summed E-state index contributed by atoms with van der Waals surface area (Å²) in [7, 11) is 0. The first-order valence-electron chi connectivity index (χ1n) is 9.05. The summed E-state index contributed by atoms with van der Waals surface area (Å²) < 4.78 is 5.96. The Labute approximate surface area is 138 Å². The highest BCUT2D eigenvalue weighted by atomic mass is 16.6. The molecule has 124 valence electrons. The minimum absolute atomic E-state index is 0.0811. The third-order valence-corrected chi connectivity index (χ3v) is 5.80. The molecule has 4 heteroatoms. The zero-order valence-corrected chi connectivity index (χ0v) is 13.7. The Bertz CT molecular complexity index is 536. The van der Waals surface area contributed by atoms with E-state index in [9.17, 15) is 4.79 Å². The van der Waals surface area contributed by atoms with E-state index < -0.39 is 0 Å². The van der Waals surface area contributed by atoms with Crippen molar-refractivity contribution in [2.75, 3.05) is 31.1 Å². The van der Waals surface area contributed by atoms with Gasteiger partial charge in [-0.25, -0.2) is 4.79 Å². The molecule has 3 aliphatic heterocycles. The van der Waals surface area contributed by atoms with Crippen molar-refractivity contribution in [3.8, 4) is 0 Å². The number of nitrogens with zero attached hydrogens (tertiary/aromatic N) is 2. The maximum atomic E-state index is 12.8. The molecular weight excluding hydrogens is 288 g/mol. The molecule has 1 aromatic carbocycles. The molecule has 2 bridgehead atoms. The number of amides is 1. The summed E-state index contributed by atoms with van der Waals surface area (Å²) >= 11 is 0. The van der Waals surface area contributed by atoms with Crippen LogP contribution in [0.4, 0.5) is 10.5 Å². The van der Waals surface area contributed by atoms with Gasteiger partial charge >= 0.3 is 6.09 Å². The molecule has 0 spiro atoms. The fourth-order valence-electron chi connectivity index (χ4n) is 4.06. The van der Waals surface area contributed by atoms with Gasteiger partial charge in [-0.05, 0) is 62.7 Å². The van der Waals surface area contributed by atoms with E-state index >= 15 is 0 Å². The largest absolute Gasteiger partial charge is 0.444 e. The van der Waals surface area contributed by atoms with Gasteiger partial charge in [0, 0.05) is 18.8 Å². The van der Waals surface area contributed by atoms with Crippen molar-refractivity contribution < 1.29 is 9.53 Å². The van der Waals surface area contributed by atoms with Crippen LogP contribution in [0.5, 0.6) is 0 Å². The summed E-state index contributed by atoms with van der Waals surface area (Å²) in [5, 5.41) is 0. The topological polar surface area (TPSA) is 32.8 Å². The number of rotatable bonds is 4. The van der Waals surface area contributed by atoms with Gasteiger partial charge in [0.25, 0.3) is 0 Å². The number of hydrogen-bond donors (Lipinski definition) is 0. The molecule has 1 saturated carbocycles. The first-order valence-corrected chi connectivity index (χ1v) is 9.05. The molecule has 0 aromatic heterocycles. The van der Waals surface area contributed by atoms with E-state index in [0.717, 1.165) is 18.8 Å². The summed E-state index contributed by atoms with van der Waals surface area (Å²) in [6, 6.07) is 9.99. The lowest BCUT2D eigenvalue weighted by Crippen LogP contribution is -2.53. The molecular formula is C19H26N2O2. The van der Waals surface area contributed by atoms with Crippen molar-refractivity contribution >= 4 is 11.8 Å². The average Bonchev–Trinajstić information content (AvgIpc) is 2.56. The summed E-state index contributed by atoms with van der Waals surface area (Å²) in [4.78, 5) is 17.1. The average molecular weight is 314 g/mol. The molecule has 1 amide bonds. The second-order valence-corrected chi connectivity index (χ2v) is 7.30. The molecule has 4 fully saturated rings. The molecule has 1 aromatic rings. The summed E-state index contributed by atoms with van der Waals surface area (Å²) in [5.41, 5.74) is 0.964. The van der Waals surface area contributed by atoms with Crippen molar-refractivity contribution in [3.63, 3.8) is 0 Å². The minimum Gasteiger partial charge on any atom is -0.444 e. The fourth-order valence-corrected chi connectivity index (χ4v) is 4.06. The first-order chi connectivity index (χ1) is 11.3. The van der Waals surface area contributed by atoms with Gasteiger partial charge in [0.15, 0.2) is 0 Å². The Morgan fingerprint density at radius 3 is 2.43 bits per heavy atom. The van der Waals surface area contributed by atoms with Crippen molar-refractivity contribution in [2.45, 2.75) is 38.2 Å². The zero-order valence-electron chi connectivity index (χ0n) is 13.7. The second kappa shape index (κ2) is 6.52. The lowest BCUT2D eigenvalue weighted by atomic mass is 9.85. The number of anilines is 1. The predicted octanol–water partition coefficient (Wildman–Crippen LogP) is 3.52. The van der Waals surface area contributed by atoms with E-state index in [0.29, 0.717) is 11.8 Å². The number of para-hydroxylation sites is 1. The number of carbonyl (C=O) groups is 1. The highest BCUT2D eigenvalue weighted by molar-refractivity contribution is 5.87. The molecule has 1 aliphatic carbocycles. The molecule has 0 N–H and O–H groups in total. The van der Waals surface area contributed by atoms with Gasteiger partial charge in [0.2, 0.25) is 0 Å². The third-order valence-electron chi connectivity index (χ3n) is 5.80. The number of fused-ring (bicyclic) bond motifs is 3. The van der Waals surface area contributed by atoms with Gasteiger partial charge < -0.3 is 4.74 Å². The highest BCUT2D eigenvalue weighted by Crippen LogP contribution is 2.32. The molecule has 23 heavy (non-hydrogen) atoms. The smallest absolute Gasteiger partial charge is 0.414 e. The second-order valence-electron chi connectivity index (χ2n) is 7.30. The Morgan fingerprint density at radius 1 is 1.13 bits per heavy atom. The fraction of sp³-hybridized carbons (Fsp3) is 0.632. The lowest BCUT2D eigenvalue weighted by Gasteiger charge is -2.44. The molecule has 0 radical (unpaired) electrons. The lowest BCUT2D eigenvalue weighted by molar-refractivity contribution is -0.0313. The first kappa shape index (κ1) is 15.0. The van der Waals surface area contributed by atoms with E-state index in [1.165, 1.54) is 45.2 Å². The maximum absolute atomic E-state index is 12.8. The van der Waals surface area contributed by atoms with Gasteiger partial charge in [0.05, 0.1) is 0 Å². The number of piperidine rings is 3. The molecule has 1 atom stereocenters. The molecule has 1 unspecified atom stereocenters. The number of benzene rings is 1. The van der Waals surface area contributed by atoms with E-state index in [1.54, 1.807) is 0 Å². The predicted molar refractivity (Wildman–Crippen MR) is 90.6 cm³/mol. The van der Waals surface area contributed by atoms with Crippen LogP contribution in [0.25, 0.3) is 0 Å². The Morgan fingerprint density at radius 2 is 1.87 bits per heavy atom. The van der Waals surface area contributed by atoms with E-state index in [-0.39, 0.29) is 12.2 Å². The number of hydrogen-bond acceptors (Lipinski definition) is 3. The van der Waals surface area contributed by atoms with Crippen LogP contribution in [-0.2, 0) is 4.74 Å². The molecule has 4 nitrogen and oxygen atoms in total. The van der Waals surface area contributed by atoms with Gasteiger partial charge in [0.1, 0.15) is 6.10 Å². The van der Waals surface area contributed by atoms with Gasteiger partial charge in [-0.3, -0.25) is 9.80 Å². The van der Waals surface area contributed by atoms with E-state index in [4.69, 9.17) is 4.74 Å². The van der Waals surface area contributed by atoms with Gasteiger partial charge in [-0.2, -0.15) is 0 Å². The van der Waals surface area contributed by atoms with Crippen LogP contribution in [0.15, 0.2) is 30.3 Å². The van der Waals surface area contributed by atoms with Crippen LogP contribution in [0.3, 0.4) is 0 Å². The monoisotopic (exact) mass is 314 g/mol. The normalized spacial score (nSPS) is 29.8. The van der Waals surface area contributed by atoms with E-state index in [1.807, 2.05) is 35.2 Å². The molecule has 3 heterocycles. The summed E-state index contributed by atoms with van der Waals surface area (Å²) in [6.45, 7) is 4.05.